The average Bonchev–Trinajstić information content (AvgIpc) is 3.20. The van der Waals surface area contributed by atoms with Gasteiger partial charge < -0.3 is 14.0 Å². The van der Waals surface area contributed by atoms with E-state index in [1.165, 1.54) is 50.4 Å². The highest BCUT2D eigenvalue weighted by atomic mass is 28.3. The van der Waals surface area contributed by atoms with Gasteiger partial charge in [-0.25, -0.2) is 9.97 Å². The minimum atomic E-state index is -1.09. The first-order chi connectivity index (χ1) is 17.4. The van der Waals surface area contributed by atoms with Crippen LogP contribution in [0.15, 0.2) is 24.7 Å². The van der Waals surface area contributed by atoms with Crippen LogP contribution >= 0.6 is 0 Å². The maximum absolute atomic E-state index is 6.04. The summed E-state index contributed by atoms with van der Waals surface area (Å²) in [5.41, 5.74) is 4.41. The normalized spacial score (nSPS) is 25.4. The maximum atomic E-state index is 6.04. The number of rotatable bonds is 11. The number of nitrogens with zero attached hydrogens (tertiary/aromatic N) is 5. The van der Waals surface area contributed by atoms with E-state index in [1.807, 2.05) is 6.20 Å². The maximum Gasteiger partial charge on any atom is 0.159 e. The molecule has 0 unspecified atom stereocenters. The lowest BCUT2D eigenvalue weighted by Crippen LogP contribution is -2.53. The number of ether oxygens (including phenoxy) is 2. The third kappa shape index (κ3) is 5.02. The second-order valence-corrected chi connectivity index (χ2v) is 18.5. The van der Waals surface area contributed by atoms with Gasteiger partial charge in [-0.15, -0.1) is 0 Å². The van der Waals surface area contributed by atoms with Crippen molar-refractivity contribution in [3.63, 3.8) is 0 Å². The second-order valence-electron chi connectivity index (χ2n) is 12.8. The Balaban J connectivity index is 1.21. The molecule has 2 saturated carbocycles. The molecule has 7 nitrogen and oxygen atoms in total. The van der Waals surface area contributed by atoms with Gasteiger partial charge in [0.05, 0.1) is 31.0 Å². The van der Waals surface area contributed by atoms with Crippen molar-refractivity contribution in [3.8, 4) is 0 Å². The first-order valence-corrected chi connectivity index (χ1v) is 17.8. The molecule has 2 aliphatic carbocycles. The molecule has 0 bridgehead atoms. The summed E-state index contributed by atoms with van der Waals surface area (Å²) < 4.78 is 16.2. The average molecular weight is 510 g/mol. The Kier molecular flexibility index (Phi) is 6.73. The molecule has 8 heteroatoms. The summed E-state index contributed by atoms with van der Waals surface area (Å²) in [6.07, 6.45) is 12.9. The van der Waals surface area contributed by atoms with Crippen LogP contribution in [-0.2, 0) is 16.2 Å². The fourth-order valence-electron chi connectivity index (χ4n) is 6.24. The standard InChI is InChI=1S/C28H43N5O2Si/c1-20-13-22(32(23-17-35-18-23)10-7-21-5-6-21)14-24(20)26-15-29-27-16-30-28-25(33(26)27)8-9-31(28)19-34-11-12-36(2,3)4/h8-9,15-16,20-24H,5-7,10-14,17-19H2,1-4H3/t20-,22+,24+/m1/s1. The number of aromatic nitrogens is 4. The van der Waals surface area contributed by atoms with E-state index in [4.69, 9.17) is 19.4 Å². The van der Waals surface area contributed by atoms with Crippen molar-refractivity contribution in [2.75, 3.05) is 26.4 Å². The van der Waals surface area contributed by atoms with Crippen molar-refractivity contribution in [1.29, 1.82) is 0 Å². The smallest absolute Gasteiger partial charge is 0.159 e. The summed E-state index contributed by atoms with van der Waals surface area (Å²) in [7, 11) is -1.09. The molecular weight excluding hydrogens is 466 g/mol. The van der Waals surface area contributed by atoms with E-state index in [1.54, 1.807) is 0 Å². The molecule has 0 aromatic carbocycles. The van der Waals surface area contributed by atoms with Crippen molar-refractivity contribution in [3.05, 3.63) is 30.4 Å². The van der Waals surface area contributed by atoms with Crippen LogP contribution in [-0.4, -0.2) is 70.4 Å². The molecule has 6 rings (SSSR count). The molecule has 0 spiro atoms. The Labute approximate surface area is 216 Å². The summed E-state index contributed by atoms with van der Waals surface area (Å²) >= 11 is 0. The quantitative estimate of drug-likeness (QED) is 0.257. The Hall–Kier alpha value is -1.74. The SMILES string of the molecule is C[C@@H]1C[C@H](N(CCC2CC2)C2COC2)C[C@@H]1c1cnc2cnc3c(ccn3COCC[Si](C)(C)C)n12. The first-order valence-electron chi connectivity index (χ1n) is 14.1. The van der Waals surface area contributed by atoms with Crippen molar-refractivity contribution in [2.45, 2.75) is 89.4 Å². The molecule has 3 aromatic heterocycles. The lowest BCUT2D eigenvalue weighted by atomic mass is 9.95. The molecule has 0 N–H and O–H groups in total. The van der Waals surface area contributed by atoms with Gasteiger partial charge in [0.2, 0.25) is 0 Å². The molecule has 196 valence electrons. The van der Waals surface area contributed by atoms with E-state index in [0.717, 1.165) is 42.5 Å². The van der Waals surface area contributed by atoms with E-state index in [-0.39, 0.29) is 0 Å². The topological polar surface area (TPSA) is 56.8 Å². The molecular formula is C28H43N5O2Si. The lowest BCUT2D eigenvalue weighted by molar-refractivity contribution is -0.0798. The van der Waals surface area contributed by atoms with Gasteiger partial charge >= 0.3 is 0 Å². The van der Waals surface area contributed by atoms with E-state index < -0.39 is 8.07 Å². The molecule has 3 atom stereocenters. The van der Waals surface area contributed by atoms with Crippen molar-refractivity contribution in [2.24, 2.45) is 11.8 Å². The number of imidazole rings is 1. The van der Waals surface area contributed by atoms with Crippen LogP contribution in [0, 0.1) is 11.8 Å². The van der Waals surface area contributed by atoms with Crippen LogP contribution < -0.4 is 0 Å². The highest BCUT2D eigenvalue weighted by molar-refractivity contribution is 6.76. The predicted molar refractivity (Wildman–Crippen MR) is 146 cm³/mol. The highest BCUT2D eigenvalue weighted by Crippen LogP contribution is 2.44. The third-order valence-corrected chi connectivity index (χ3v) is 10.5. The molecule has 4 heterocycles. The van der Waals surface area contributed by atoms with Crippen molar-refractivity contribution in [1.82, 2.24) is 23.8 Å². The summed E-state index contributed by atoms with van der Waals surface area (Å²) in [4.78, 5) is 12.4. The van der Waals surface area contributed by atoms with E-state index in [9.17, 15) is 0 Å². The fraction of sp³-hybridized carbons (Fsp3) is 0.714. The van der Waals surface area contributed by atoms with Gasteiger partial charge in [0.15, 0.2) is 11.3 Å². The largest absolute Gasteiger partial charge is 0.378 e. The molecule has 3 fully saturated rings. The molecule has 3 aromatic rings. The van der Waals surface area contributed by atoms with Crippen LogP contribution in [0.1, 0.15) is 50.6 Å². The van der Waals surface area contributed by atoms with Gasteiger partial charge in [-0.1, -0.05) is 39.4 Å². The van der Waals surface area contributed by atoms with Gasteiger partial charge in [0.1, 0.15) is 6.73 Å². The van der Waals surface area contributed by atoms with Gasteiger partial charge in [0, 0.05) is 44.7 Å². The van der Waals surface area contributed by atoms with Gasteiger partial charge in [-0.05, 0) is 49.8 Å². The van der Waals surface area contributed by atoms with Gasteiger partial charge in [0.25, 0.3) is 0 Å². The zero-order chi connectivity index (χ0) is 24.9. The predicted octanol–water partition coefficient (Wildman–Crippen LogP) is 5.38. The van der Waals surface area contributed by atoms with E-state index in [2.05, 4.69) is 58.9 Å². The zero-order valence-electron chi connectivity index (χ0n) is 22.5. The Morgan fingerprint density at radius 2 is 1.94 bits per heavy atom. The van der Waals surface area contributed by atoms with Gasteiger partial charge in [-0.2, -0.15) is 0 Å². The zero-order valence-corrected chi connectivity index (χ0v) is 23.5. The first kappa shape index (κ1) is 24.6. The van der Waals surface area contributed by atoms with E-state index in [0.29, 0.717) is 30.7 Å². The number of hydrogen-bond donors (Lipinski definition) is 0. The number of hydrogen-bond acceptors (Lipinski definition) is 5. The molecule has 0 amide bonds. The Morgan fingerprint density at radius 3 is 2.67 bits per heavy atom. The van der Waals surface area contributed by atoms with Gasteiger partial charge in [-0.3, -0.25) is 9.30 Å². The van der Waals surface area contributed by atoms with E-state index >= 15 is 0 Å². The lowest BCUT2D eigenvalue weighted by Gasteiger charge is -2.41. The molecule has 3 aliphatic rings. The molecule has 1 saturated heterocycles. The summed E-state index contributed by atoms with van der Waals surface area (Å²) in [5, 5.41) is 0. The van der Waals surface area contributed by atoms with Crippen LogP contribution in [0.4, 0.5) is 0 Å². The second kappa shape index (κ2) is 9.85. The number of fused-ring (bicyclic) bond motifs is 3. The van der Waals surface area contributed by atoms with Crippen LogP contribution in [0.25, 0.3) is 16.8 Å². The molecule has 36 heavy (non-hydrogen) atoms. The Bertz CT molecular complexity index is 1190. The summed E-state index contributed by atoms with van der Waals surface area (Å²) in [6, 6.07) is 4.63. The highest BCUT2D eigenvalue weighted by Gasteiger charge is 2.41. The van der Waals surface area contributed by atoms with Crippen LogP contribution in [0.2, 0.25) is 25.7 Å². The summed E-state index contributed by atoms with van der Waals surface area (Å²) in [5.74, 6) is 2.12. The Morgan fingerprint density at radius 1 is 1.11 bits per heavy atom. The molecule has 0 radical (unpaired) electrons. The third-order valence-electron chi connectivity index (χ3n) is 8.79. The van der Waals surface area contributed by atoms with Crippen LogP contribution in [0.3, 0.4) is 0 Å². The minimum Gasteiger partial charge on any atom is -0.378 e. The van der Waals surface area contributed by atoms with Crippen molar-refractivity contribution >= 4 is 24.9 Å². The minimum absolute atomic E-state index is 0.511. The van der Waals surface area contributed by atoms with Crippen LogP contribution in [0.5, 0.6) is 0 Å². The fourth-order valence-corrected chi connectivity index (χ4v) is 7.00. The van der Waals surface area contributed by atoms with Crippen molar-refractivity contribution < 1.29 is 9.47 Å². The summed E-state index contributed by atoms with van der Waals surface area (Å²) in [6.45, 7) is 14.0. The molecule has 1 aliphatic heterocycles. The monoisotopic (exact) mass is 509 g/mol.